The van der Waals surface area contributed by atoms with Gasteiger partial charge in [0.25, 0.3) is 0 Å². The van der Waals surface area contributed by atoms with Crippen LogP contribution in [0.2, 0.25) is 0 Å². The zero-order valence-corrected chi connectivity index (χ0v) is 8.90. The van der Waals surface area contributed by atoms with Gasteiger partial charge >= 0.3 is 0 Å². The smallest absolute Gasteiger partial charge is 0.244 e. The van der Waals surface area contributed by atoms with E-state index in [0.29, 0.717) is 6.54 Å². The second kappa shape index (κ2) is 5.70. The molecule has 0 atom stereocenters. The third-order valence-electron chi connectivity index (χ3n) is 1.98. The van der Waals surface area contributed by atoms with E-state index in [0.717, 1.165) is 11.6 Å². The van der Waals surface area contributed by atoms with Crippen molar-refractivity contribution < 1.29 is 14.7 Å². The normalized spacial score (nSPS) is 10.9. The van der Waals surface area contributed by atoms with Crippen LogP contribution in [0, 0.1) is 0 Å². The van der Waals surface area contributed by atoms with Crippen molar-refractivity contribution in [2.45, 2.75) is 13.5 Å². The molecule has 0 aliphatic heterocycles. The molecule has 0 aliphatic rings. The Hall–Kier alpha value is -2.10. The summed E-state index contributed by atoms with van der Waals surface area (Å²) in [7, 11) is 0. The summed E-state index contributed by atoms with van der Waals surface area (Å²) >= 11 is 0. The first-order chi connectivity index (χ1) is 7.59. The summed E-state index contributed by atoms with van der Waals surface area (Å²) in [5.41, 5.74) is 0.862. The highest BCUT2D eigenvalue weighted by molar-refractivity contribution is 5.96. The van der Waals surface area contributed by atoms with Gasteiger partial charge < -0.3 is 15.2 Å². The molecule has 0 aliphatic carbocycles. The lowest BCUT2D eigenvalue weighted by molar-refractivity contribution is -0.299. The van der Waals surface area contributed by atoms with Gasteiger partial charge in [0.05, 0.1) is 5.97 Å². The quantitative estimate of drug-likeness (QED) is 0.723. The Labute approximate surface area is 93.6 Å². The third-order valence-corrected chi connectivity index (χ3v) is 1.98. The molecule has 4 heteroatoms. The second-order valence-corrected chi connectivity index (χ2v) is 3.32. The number of hydrogen-bond donors (Lipinski definition) is 1. The minimum atomic E-state index is -1.34. The number of benzene rings is 1. The van der Waals surface area contributed by atoms with E-state index in [9.17, 15) is 14.7 Å². The van der Waals surface area contributed by atoms with Crippen molar-refractivity contribution in [2.24, 2.45) is 0 Å². The van der Waals surface area contributed by atoms with E-state index in [1.165, 1.54) is 6.92 Å². The van der Waals surface area contributed by atoms with Gasteiger partial charge in [-0.2, -0.15) is 0 Å². The summed E-state index contributed by atoms with van der Waals surface area (Å²) in [6, 6.07) is 9.35. The van der Waals surface area contributed by atoms with Crippen LogP contribution >= 0.6 is 0 Å². The Morgan fingerprint density at radius 1 is 1.31 bits per heavy atom. The molecule has 1 aromatic carbocycles. The van der Waals surface area contributed by atoms with Crippen LogP contribution in [-0.2, 0) is 16.1 Å². The van der Waals surface area contributed by atoms with Gasteiger partial charge in [-0.25, -0.2) is 0 Å². The van der Waals surface area contributed by atoms with E-state index < -0.39 is 11.9 Å². The van der Waals surface area contributed by atoms with Crippen LogP contribution in [0.1, 0.15) is 12.5 Å². The van der Waals surface area contributed by atoms with Crippen LogP contribution in [0.4, 0.5) is 0 Å². The van der Waals surface area contributed by atoms with Gasteiger partial charge in [0.1, 0.15) is 0 Å². The first-order valence-corrected chi connectivity index (χ1v) is 4.81. The second-order valence-electron chi connectivity index (χ2n) is 3.32. The number of nitrogens with one attached hydrogen (secondary N) is 1. The monoisotopic (exact) mass is 218 g/mol. The van der Waals surface area contributed by atoms with Gasteiger partial charge in [-0.3, -0.25) is 4.79 Å². The van der Waals surface area contributed by atoms with Gasteiger partial charge in [-0.1, -0.05) is 30.3 Å². The lowest BCUT2D eigenvalue weighted by atomic mass is 10.2. The van der Waals surface area contributed by atoms with Crippen LogP contribution in [0.25, 0.3) is 0 Å². The molecule has 0 heterocycles. The summed E-state index contributed by atoms with van der Waals surface area (Å²) in [6.07, 6.45) is 1.01. The minimum absolute atomic E-state index is 0.0921. The Bertz CT molecular complexity index is 410. The van der Waals surface area contributed by atoms with Crippen molar-refractivity contribution in [1.29, 1.82) is 0 Å². The number of carbonyl (C=O) groups is 2. The first-order valence-electron chi connectivity index (χ1n) is 4.81. The third kappa shape index (κ3) is 3.96. The van der Waals surface area contributed by atoms with Crippen molar-refractivity contribution in [1.82, 2.24) is 5.32 Å². The van der Waals surface area contributed by atoms with Crippen LogP contribution in [0.3, 0.4) is 0 Å². The molecule has 84 valence electrons. The highest BCUT2D eigenvalue weighted by Gasteiger charge is 1.98. The molecule has 1 N–H and O–H groups in total. The van der Waals surface area contributed by atoms with Crippen molar-refractivity contribution in [3.63, 3.8) is 0 Å². The molecular weight excluding hydrogens is 206 g/mol. The fraction of sp³-hybridized carbons (Fsp3) is 0.167. The van der Waals surface area contributed by atoms with Crippen molar-refractivity contribution in [3.8, 4) is 0 Å². The lowest BCUT2D eigenvalue weighted by Gasteiger charge is -2.04. The van der Waals surface area contributed by atoms with Crippen molar-refractivity contribution in [2.75, 3.05) is 0 Å². The molecule has 0 bridgehead atoms. The van der Waals surface area contributed by atoms with E-state index in [1.807, 2.05) is 30.3 Å². The molecule has 0 fully saturated rings. The van der Waals surface area contributed by atoms with E-state index in [2.05, 4.69) is 5.32 Å². The molecule has 0 saturated carbocycles. The van der Waals surface area contributed by atoms with Gasteiger partial charge in [-0.15, -0.1) is 0 Å². The number of carboxylic acids is 1. The molecule has 4 nitrogen and oxygen atoms in total. The summed E-state index contributed by atoms with van der Waals surface area (Å²) in [6.45, 7) is 1.69. The Balaban J connectivity index is 2.48. The maximum absolute atomic E-state index is 11.3. The molecule has 0 unspecified atom stereocenters. The summed E-state index contributed by atoms with van der Waals surface area (Å²) in [4.78, 5) is 21.6. The van der Waals surface area contributed by atoms with Gasteiger partial charge in [-0.05, 0) is 18.1 Å². The van der Waals surface area contributed by atoms with E-state index in [1.54, 1.807) is 0 Å². The molecule has 16 heavy (non-hydrogen) atoms. The van der Waals surface area contributed by atoms with E-state index >= 15 is 0 Å². The predicted octanol–water partition coefficient (Wildman–Crippen LogP) is -0.00100. The highest BCUT2D eigenvalue weighted by atomic mass is 16.4. The number of rotatable bonds is 4. The topological polar surface area (TPSA) is 69.2 Å². The summed E-state index contributed by atoms with van der Waals surface area (Å²) in [5, 5.41) is 12.9. The van der Waals surface area contributed by atoms with Crippen LogP contribution in [0.15, 0.2) is 42.0 Å². The fourth-order valence-corrected chi connectivity index (χ4v) is 1.09. The number of carboxylic acid groups (broad SMARTS) is 1. The van der Waals surface area contributed by atoms with Crippen molar-refractivity contribution in [3.05, 3.63) is 47.5 Å². The highest BCUT2D eigenvalue weighted by Crippen LogP contribution is 1.97. The molecule has 0 spiro atoms. The van der Waals surface area contributed by atoms with Crippen molar-refractivity contribution >= 4 is 11.9 Å². The largest absolute Gasteiger partial charge is 0.545 e. The Morgan fingerprint density at radius 2 is 1.94 bits per heavy atom. The molecule has 0 radical (unpaired) electrons. The van der Waals surface area contributed by atoms with E-state index in [-0.39, 0.29) is 5.57 Å². The SMILES string of the molecule is CC(=CC(=O)NCc1ccccc1)C(=O)[O-]. The number of hydrogen-bond acceptors (Lipinski definition) is 3. The lowest BCUT2D eigenvalue weighted by Crippen LogP contribution is -2.26. The maximum Gasteiger partial charge on any atom is 0.244 e. The molecule has 1 rings (SSSR count). The number of carbonyl (C=O) groups excluding carboxylic acids is 2. The fourth-order valence-electron chi connectivity index (χ4n) is 1.09. The van der Waals surface area contributed by atoms with Gasteiger partial charge in [0, 0.05) is 12.6 Å². The average Bonchev–Trinajstić information content (AvgIpc) is 2.27. The number of amides is 1. The molecule has 0 aromatic heterocycles. The summed E-state index contributed by atoms with van der Waals surface area (Å²) in [5.74, 6) is -1.78. The maximum atomic E-state index is 11.3. The standard InChI is InChI=1S/C12H13NO3/c1-9(12(15)16)7-11(14)13-8-10-5-3-2-4-6-10/h2-7H,8H2,1H3,(H,13,14)(H,15,16)/p-1. The minimum Gasteiger partial charge on any atom is -0.545 e. The average molecular weight is 218 g/mol. The van der Waals surface area contributed by atoms with Gasteiger partial charge in [0.2, 0.25) is 5.91 Å². The molecular formula is C12H12NO3-. The van der Waals surface area contributed by atoms with Gasteiger partial charge in [0.15, 0.2) is 0 Å². The zero-order chi connectivity index (χ0) is 12.0. The number of aliphatic carboxylic acids is 1. The van der Waals surface area contributed by atoms with E-state index in [4.69, 9.17) is 0 Å². The molecule has 1 aromatic rings. The molecule has 1 amide bonds. The Morgan fingerprint density at radius 3 is 2.50 bits per heavy atom. The Kier molecular flexibility index (Phi) is 4.27. The van der Waals surface area contributed by atoms with Crippen LogP contribution in [0.5, 0.6) is 0 Å². The van der Waals surface area contributed by atoms with Crippen LogP contribution < -0.4 is 10.4 Å². The predicted molar refractivity (Wildman–Crippen MR) is 57.1 cm³/mol. The van der Waals surface area contributed by atoms with Crippen LogP contribution in [-0.4, -0.2) is 11.9 Å². The first kappa shape index (κ1) is 12.0. The zero-order valence-electron chi connectivity index (χ0n) is 8.90. The summed E-state index contributed by atoms with van der Waals surface area (Å²) < 4.78 is 0. The molecule has 0 saturated heterocycles.